The summed E-state index contributed by atoms with van der Waals surface area (Å²) in [7, 11) is 0. The van der Waals surface area contributed by atoms with Crippen molar-refractivity contribution in [3.63, 3.8) is 0 Å². The van der Waals surface area contributed by atoms with Crippen LogP contribution in [0.2, 0.25) is 0 Å². The molecule has 7 heteroatoms. The van der Waals surface area contributed by atoms with Gasteiger partial charge in [0.25, 0.3) is 23.6 Å². The Balaban J connectivity index is 1.41. The quantitative estimate of drug-likeness (QED) is 0.750. The SMILES string of the molecule is O=C1c2ccccc2C(=O)N1C1CCCN(N2C(=O)c3ccccc3C2=O)C1. The van der Waals surface area contributed by atoms with E-state index in [0.29, 0.717) is 41.6 Å². The van der Waals surface area contributed by atoms with Crippen molar-refractivity contribution in [3.05, 3.63) is 70.8 Å². The molecule has 1 saturated heterocycles. The van der Waals surface area contributed by atoms with Gasteiger partial charge < -0.3 is 0 Å². The van der Waals surface area contributed by atoms with Crippen LogP contribution >= 0.6 is 0 Å². The maximum atomic E-state index is 12.8. The van der Waals surface area contributed by atoms with E-state index >= 15 is 0 Å². The van der Waals surface area contributed by atoms with Crippen molar-refractivity contribution in [1.82, 2.24) is 14.9 Å². The summed E-state index contributed by atoms with van der Waals surface area (Å²) in [5.41, 5.74) is 1.58. The van der Waals surface area contributed by atoms with Crippen LogP contribution in [-0.4, -0.2) is 57.7 Å². The van der Waals surface area contributed by atoms with Gasteiger partial charge in [-0.05, 0) is 37.1 Å². The Labute approximate surface area is 161 Å². The van der Waals surface area contributed by atoms with E-state index in [9.17, 15) is 19.2 Å². The highest BCUT2D eigenvalue weighted by Gasteiger charge is 2.45. The normalized spacial score (nSPS) is 22.1. The summed E-state index contributed by atoms with van der Waals surface area (Å²) in [4.78, 5) is 52.4. The first-order chi connectivity index (χ1) is 13.6. The third kappa shape index (κ3) is 2.26. The van der Waals surface area contributed by atoms with E-state index in [1.54, 1.807) is 53.5 Å². The van der Waals surface area contributed by atoms with E-state index in [2.05, 4.69) is 0 Å². The topological polar surface area (TPSA) is 78.0 Å². The largest absolute Gasteiger partial charge is 0.276 e. The van der Waals surface area contributed by atoms with E-state index in [-0.39, 0.29) is 36.2 Å². The van der Waals surface area contributed by atoms with Gasteiger partial charge in [-0.2, -0.15) is 0 Å². The average molecular weight is 375 g/mol. The van der Waals surface area contributed by atoms with Crippen molar-refractivity contribution in [2.24, 2.45) is 0 Å². The number of hydrogen-bond donors (Lipinski definition) is 0. The van der Waals surface area contributed by atoms with Crippen LogP contribution in [-0.2, 0) is 0 Å². The molecule has 7 nitrogen and oxygen atoms in total. The second-order valence-corrected chi connectivity index (χ2v) is 7.20. The van der Waals surface area contributed by atoms with E-state index in [4.69, 9.17) is 0 Å². The molecular formula is C21H17N3O4. The van der Waals surface area contributed by atoms with E-state index in [1.807, 2.05) is 0 Å². The first-order valence-corrected chi connectivity index (χ1v) is 9.27. The number of carbonyl (C=O) groups is 4. The van der Waals surface area contributed by atoms with Crippen LogP contribution in [0.1, 0.15) is 54.3 Å². The number of fused-ring (bicyclic) bond motifs is 2. The Morgan fingerprint density at radius 2 is 1.14 bits per heavy atom. The molecule has 0 radical (unpaired) electrons. The summed E-state index contributed by atoms with van der Waals surface area (Å²) in [5, 5.41) is 2.83. The van der Waals surface area contributed by atoms with E-state index in [1.165, 1.54) is 4.90 Å². The van der Waals surface area contributed by atoms with Gasteiger partial charge in [0, 0.05) is 13.1 Å². The van der Waals surface area contributed by atoms with Crippen LogP contribution < -0.4 is 0 Å². The van der Waals surface area contributed by atoms with Crippen molar-refractivity contribution in [2.75, 3.05) is 13.1 Å². The van der Waals surface area contributed by atoms with Gasteiger partial charge in [0.15, 0.2) is 0 Å². The lowest BCUT2D eigenvalue weighted by Crippen LogP contribution is -2.56. The van der Waals surface area contributed by atoms with Crippen molar-refractivity contribution in [1.29, 1.82) is 0 Å². The summed E-state index contributed by atoms with van der Waals surface area (Å²) < 4.78 is 0. The molecule has 0 spiro atoms. The zero-order valence-corrected chi connectivity index (χ0v) is 15.0. The van der Waals surface area contributed by atoms with Gasteiger partial charge >= 0.3 is 0 Å². The van der Waals surface area contributed by atoms with Crippen LogP contribution in [0.4, 0.5) is 0 Å². The molecule has 5 rings (SSSR count). The van der Waals surface area contributed by atoms with E-state index in [0.717, 1.165) is 5.01 Å². The maximum Gasteiger partial charge on any atom is 0.276 e. The van der Waals surface area contributed by atoms with E-state index < -0.39 is 0 Å². The molecule has 1 fully saturated rings. The number of hydrogen-bond acceptors (Lipinski definition) is 5. The van der Waals surface area contributed by atoms with Crippen LogP contribution in [0, 0.1) is 0 Å². The fourth-order valence-electron chi connectivity index (χ4n) is 4.30. The fraction of sp³-hybridized carbons (Fsp3) is 0.238. The lowest BCUT2D eigenvalue weighted by atomic mass is 10.1. The van der Waals surface area contributed by atoms with Gasteiger partial charge in [0.2, 0.25) is 0 Å². The molecule has 2 aromatic carbocycles. The van der Waals surface area contributed by atoms with Crippen LogP contribution in [0.5, 0.6) is 0 Å². The predicted molar refractivity (Wildman–Crippen MR) is 98.5 cm³/mol. The first kappa shape index (κ1) is 16.8. The van der Waals surface area contributed by atoms with Gasteiger partial charge in [-0.25, -0.2) is 10.0 Å². The molecule has 0 saturated carbocycles. The Bertz CT molecular complexity index is 896. The van der Waals surface area contributed by atoms with Gasteiger partial charge in [-0.1, -0.05) is 24.3 Å². The fourth-order valence-corrected chi connectivity index (χ4v) is 4.30. The Morgan fingerprint density at radius 1 is 0.679 bits per heavy atom. The number of carbonyl (C=O) groups excluding carboxylic acids is 4. The molecular weight excluding hydrogens is 358 g/mol. The van der Waals surface area contributed by atoms with Crippen LogP contribution in [0.25, 0.3) is 0 Å². The molecule has 3 aliphatic heterocycles. The molecule has 3 heterocycles. The lowest BCUT2D eigenvalue weighted by molar-refractivity contribution is -0.0217. The van der Waals surface area contributed by atoms with Gasteiger partial charge in [-0.3, -0.25) is 24.1 Å². The molecule has 2 aromatic rings. The predicted octanol–water partition coefficient (Wildman–Crippen LogP) is 1.96. The minimum atomic E-state index is -0.384. The highest BCUT2D eigenvalue weighted by molar-refractivity contribution is 6.22. The molecule has 3 aliphatic rings. The summed E-state index contributed by atoms with van der Waals surface area (Å²) in [5.74, 6) is -1.34. The second kappa shape index (κ2) is 6.10. The van der Waals surface area contributed by atoms with Gasteiger partial charge in [0.05, 0.1) is 28.3 Å². The molecule has 0 bridgehead atoms. The average Bonchev–Trinajstić information content (AvgIpc) is 3.13. The molecule has 140 valence electrons. The third-order valence-corrected chi connectivity index (χ3v) is 5.62. The molecule has 4 amide bonds. The zero-order chi connectivity index (χ0) is 19.4. The number of amides is 4. The molecule has 0 N–H and O–H groups in total. The van der Waals surface area contributed by atoms with Crippen molar-refractivity contribution < 1.29 is 19.2 Å². The number of rotatable bonds is 2. The Kier molecular flexibility index (Phi) is 3.67. The lowest BCUT2D eigenvalue weighted by Gasteiger charge is -2.39. The monoisotopic (exact) mass is 375 g/mol. The van der Waals surface area contributed by atoms with Crippen LogP contribution in [0.15, 0.2) is 48.5 Å². The summed E-state index contributed by atoms with van der Waals surface area (Å²) in [6.45, 7) is 0.780. The number of nitrogens with zero attached hydrogens (tertiary/aromatic N) is 3. The molecule has 28 heavy (non-hydrogen) atoms. The van der Waals surface area contributed by atoms with Crippen molar-refractivity contribution >= 4 is 23.6 Å². The highest BCUT2D eigenvalue weighted by atomic mass is 16.2. The number of benzene rings is 2. The minimum Gasteiger partial charge on any atom is -0.270 e. The van der Waals surface area contributed by atoms with Crippen molar-refractivity contribution in [2.45, 2.75) is 18.9 Å². The van der Waals surface area contributed by atoms with Crippen LogP contribution in [0.3, 0.4) is 0 Å². The Hall–Kier alpha value is -3.32. The number of piperidine rings is 1. The number of imide groups is 2. The number of hydrazine groups is 1. The Morgan fingerprint density at radius 3 is 1.64 bits per heavy atom. The third-order valence-electron chi connectivity index (χ3n) is 5.62. The summed E-state index contributed by atoms with van der Waals surface area (Å²) in [6.07, 6.45) is 1.32. The van der Waals surface area contributed by atoms with Gasteiger partial charge in [-0.15, -0.1) is 0 Å². The summed E-state index contributed by atoms with van der Waals surface area (Å²) >= 11 is 0. The smallest absolute Gasteiger partial charge is 0.270 e. The van der Waals surface area contributed by atoms with Gasteiger partial charge in [0.1, 0.15) is 0 Å². The second-order valence-electron chi connectivity index (χ2n) is 7.20. The molecule has 1 unspecified atom stereocenters. The highest BCUT2D eigenvalue weighted by Crippen LogP contribution is 2.30. The zero-order valence-electron chi connectivity index (χ0n) is 15.0. The minimum absolute atomic E-state index is 0.261. The standard InChI is InChI=1S/C21H17N3O4/c25-18-14-7-1-2-8-15(14)19(26)23(18)13-6-5-11-22(12-13)24-20(27)16-9-3-4-10-17(16)21(24)28/h1-4,7-10,13H,5-6,11-12H2. The molecule has 0 aromatic heterocycles. The summed E-state index contributed by atoms with van der Waals surface area (Å²) in [6, 6.07) is 13.1. The molecule has 1 atom stereocenters. The maximum absolute atomic E-state index is 12.8. The first-order valence-electron chi connectivity index (χ1n) is 9.27. The molecule has 0 aliphatic carbocycles. The van der Waals surface area contributed by atoms with Crippen molar-refractivity contribution in [3.8, 4) is 0 Å².